The minimum Gasteiger partial charge on any atom is -0.487 e. The van der Waals surface area contributed by atoms with E-state index >= 15 is 0 Å². The molecule has 2 atom stereocenters. The van der Waals surface area contributed by atoms with Gasteiger partial charge in [-0.3, -0.25) is 4.79 Å². The highest BCUT2D eigenvalue weighted by molar-refractivity contribution is 7.07. The van der Waals surface area contributed by atoms with Crippen LogP contribution in [-0.2, 0) is 6.54 Å². The zero-order chi connectivity index (χ0) is 20.5. The molecule has 2 saturated carbocycles. The Kier molecular flexibility index (Phi) is 5.74. The van der Waals surface area contributed by atoms with Crippen molar-refractivity contribution in [1.29, 1.82) is 0 Å². The normalized spacial score (nSPS) is 25.7. The third-order valence-electron chi connectivity index (χ3n) is 6.85. The van der Waals surface area contributed by atoms with Crippen molar-refractivity contribution in [2.45, 2.75) is 44.8 Å². The molecule has 2 aliphatic carbocycles. The van der Waals surface area contributed by atoms with Crippen LogP contribution in [0.25, 0.3) is 0 Å². The first-order valence-corrected chi connectivity index (χ1v) is 12.0. The Labute approximate surface area is 180 Å². The second-order valence-electron chi connectivity index (χ2n) is 8.85. The smallest absolute Gasteiger partial charge is 0.273 e. The van der Waals surface area contributed by atoms with E-state index in [-0.39, 0.29) is 17.8 Å². The molecule has 0 bridgehead atoms. The maximum absolute atomic E-state index is 14.4. The fourth-order valence-electron chi connectivity index (χ4n) is 5.09. The van der Waals surface area contributed by atoms with Gasteiger partial charge < -0.3 is 15.0 Å². The molecule has 1 amide bonds. The Morgan fingerprint density at radius 1 is 1.23 bits per heavy atom. The van der Waals surface area contributed by atoms with Crippen molar-refractivity contribution >= 4 is 17.2 Å². The van der Waals surface area contributed by atoms with Crippen molar-refractivity contribution < 1.29 is 13.9 Å². The summed E-state index contributed by atoms with van der Waals surface area (Å²) in [5.74, 6) is 1.83. The topological polar surface area (TPSA) is 54.5 Å². The molecule has 2 heterocycles. The number of hydrogen-bond donors (Lipinski definition) is 1. The summed E-state index contributed by atoms with van der Waals surface area (Å²) in [5, 5.41) is 5.21. The first kappa shape index (κ1) is 19.9. The number of carbonyl (C=O) groups excluding carboxylic acids is 1. The quantitative estimate of drug-likeness (QED) is 0.720. The number of nitrogens with zero attached hydrogens (tertiary/aromatic N) is 2. The van der Waals surface area contributed by atoms with E-state index in [1.807, 2.05) is 4.90 Å². The third kappa shape index (κ3) is 4.23. The van der Waals surface area contributed by atoms with Crippen molar-refractivity contribution in [3.05, 3.63) is 46.2 Å². The number of hydrogen-bond acceptors (Lipinski definition) is 5. The third-order valence-corrected chi connectivity index (χ3v) is 7.44. The van der Waals surface area contributed by atoms with Crippen molar-refractivity contribution in [3.63, 3.8) is 0 Å². The molecule has 1 aromatic heterocycles. The van der Waals surface area contributed by atoms with Crippen LogP contribution < -0.4 is 10.1 Å². The molecule has 1 aromatic carbocycles. The van der Waals surface area contributed by atoms with E-state index < -0.39 is 0 Å². The molecule has 5 nitrogen and oxygen atoms in total. The number of nitrogens with one attached hydrogen (secondary N) is 1. The molecule has 1 N–H and O–H groups in total. The Morgan fingerprint density at radius 3 is 2.77 bits per heavy atom. The second kappa shape index (κ2) is 8.63. The number of aromatic nitrogens is 1. The number of thiazole rings is 1. The maximum atomic E-state index is 14.4. The molecule has 3 fully saturated rings. The van der Waals surface area contributed by atoms with E-state index in [0.29, 0.717) is 35.7 Å². The number of ether oxygens (including phenoxy) is 1. The lowest BCUT2D eigenvalue weighted by molar-refractivity contribution is 0.0723. The fourth-order valence-corrected chi connectivity index (χ4v) is 5.62. The molecule has 30 heavy (non-hydrogen) atoms. The summed E-state index contributed by atoms with van der Waals surface area (Å²) in [5.41, 5.74) is 3.08. The van der Waals surface area contributed by atoms with Gasteiger partial charge in [-0.15, -0.1) is 11.3 Å². The number of rotatable bonds is 7. The number of halogens is 1. The van der Waals surface area contributed by atoms with Gasteiger partial charge in [0, 0.05) is 18.5 Å². The first-order chi connectivity index (χ1) is 14.7. The van der Waals surface area contributed by atoms with Gasteiger partial charge in [-0.05, 0) is 74.2 Å². The molecule has 1 saturated heterocycles. The Balaban J connectivity index is 1.32. The van der Waals surface area contributed by atoms with E-state index in [2.05, 4.69) is 10.3 Å². The van der Waals surface area contributed by atoms with Crippen molar-refractivity contribution in [2.24, 2.45) is 17.8 Å². The fraction of sp³-hybridized carbons (Fsp3) is 0.565. The van der Waals surface area contributed by atoms with Gasteiger partial charge in [-0.1, -0.05) is 12.5 Å². The summed E-state index contributed by atoms with van der Waals surface area (Å²) in [6.45, 7) is 3.26. The van der Waals surface area contributed by atoms with Gasteiger partial charge in [0.2, 0.25) is 0 Å². The summed E-state index contributed by atoms with van der Waals surface area (Å²) in [7, 11) is 0. The van der Waals surface area contributed by atoms with Gasteiger partial charge in [0.1, 0.15) is 5.69 Å². The first-order valence-electron chi connectivity index (χ1n) is 11.0. The van der Waals surface area contributed by atoms with E-state index in [9.17, 15) is 9.18 Å². The van der Waals surface area contributed by atoms with Gasteiger partial charge in [-0.25, -0.2) is 9.37 Å². The van der Waals surface area contributed by atoms with E-state index in [4.69, 9.17) is 4.74 Å². The summed E-state index contributed by atoms with van der Waals surface area (Å²) in [6.07, 6.45) is 5.57. The van der Waals surface area contributed by atoms with Gasteiger partial charge in [0.15, 0.2) is 11.6 Å². The molecule has 160 valence electrons. The monoisotopic (exact) mass is 429 g/mol. The van der Waals surface area contributed by atoms with Gasteiger partial charge in [0.25, 0.3) is 5.91 Å². The van der Waals surface area contributed by atoms with Crippen LogP contribution in [0.15, 0.2) is 29.1 Å². The molecule has 2 unspecified atom stereocenters. The van der Waals surface area contributed by atoms with Gasteiger partial charge >= 0.3 is 0 Å². The lowest BCUT2D eigenvalue weighted by Gasteiger charge is -2.25. The summed E-state index contributed by atoms with van der Waals surface area (Å²) >= 11 is 1.43. The summed E-state index contributed by atoms with van der Waals surface area (Å²) < 4.78 is 20.4. The SMILES string of the molecule is O=C(c1cscn1)N(Cc1ccc(F)c(OC2CCCCC2)c1)CC1C2CNCC21. The predicted molar refractivity (Wildman–Crippen MR) is 114 cm³/mol. The molecule has 7 heteroatoms. The van der Waals surface area contributed by atoms with Crippen LogP contribution in [0.1, 0.15) is 48.2 Å². The highest BCUT2D eigenvalue weighted by atomic mass is 32.1. The van der Waals surface area contributed by atoms with Crippen LogP contribution in [0.3, 0.4) is 0 Å². The average Bonchev–Trinajstić information content (AvgIpc) is 3.19. The standard InChI is InChI=1S/C23H28FN3O2S/c24-20-7-6-15(8-22(20)29-16-4-2-1-3-5-16)11-27(23(28)21-13-30-14-26-21)12-19-17-9-25-10-18(17)19/h6-8,13-14,16-19,25H,1-5,9-12H2. The molecular weight excluding hydrogens is 401 g/mol. The Hall–Kier alpha value is -1.99. The lowest BCUT2D eigenvalue weighted by atomic mass is 9.98. The lowest BCUT2D eigenvalue weighted by Crippen LogP contribution is -2.34. The minimum absolute atomic E-state index is 0.0479. The molecule has 5 rings (SSSR count). The summed E-state index contributed by atoms with van der Waals surface area (Å²) in [4.78, 5) is 19.2. The zero-order valence-electron chi connectivity index (χ0n) is 17.1. The van der Waals surface area contributed by atoms with Crippen LogP contribution in [0.5, 0.6) is 5.75 Å². The van der Waals surface area contributed by atoms with E-state index in [0.717, 1.165) is 50.9 Å². The van der Waals surface area contributed by atoms with Crippen LogP contribution >= 0.6 is 11.3 Å². The molecule has 3 aliphatic rings. The number of benzene rings is 1. The zero-order valence-corrected chi connectivity index (χ0v) is 17.9. The van der Waals surface area contributed by atoms with Gasteiger partial charge in [-0.2, -0.15) is 0 Å². The predicted octanol–water partition coefficient (Wildman–Crippen LogP) is 4.10. The summed E-state index contributed by atoms with van der Waals surface area (Å²) in [6, 6.07) is 5.01. The Morgan fingerprint density at radius 2 is 2.03 bits per heavy atom. The van der Waals surface area contributed by atoms with Crippen molar-refractivity contribution in [1.82, 2.24) is 15.2 Å². The number of carbonyl (C=O) groups is 1. The number of fused-ring (bicyclic) bond motifs is 1. The number of amides is 1. The second-order valence-corrected chi connectivity index (χ2v) is 9.57. The average molecular weight is 430 g/mol. The van der Waals surface area contributed by atoms with Crippen LogP contribution in [-0.4, -0.2) is 41.5 Å². The van der Waals surface area contributed by atoms with E-state index in [1.165, 1.54) is 23.8 Å². The highest BCUT2D eigenvalue weighted by Crippen LogP contribution is 2.49. The van der Waals surface area contributed by atoms with E-state index in [1.54, 1.807) is 23.0 Å². The molecule has 0 radical (unpaired) electrons. The molecular formula is C23H28FN3O2S. The molecule has 0 spiro atoms. The van der Waals surface area contributed by atoms with Crippen LogP contribution in [0, 0.1) is 23.6 Å². The minimum atomic E-state index is -0.329. The van der Waals surface area contributed by atoms with Crippen molar-refractivity contribution in [3.8, 4) is 5.75 Å². The van der Waals surface area contributed by atoms with Crippen LogP contribution in [0.2, 0.25) is 0 Å². The number of piperidine rings is 1. The largest absolute Gasteiger partial charge is 0.487 e. The van der Waals surface area contributed by atoms with Crippen molar-refractivity contribution in [2.75, 3.05) is 19.6 Å². The maximum Gasteiger partial charge on any atom is 0.273 e. The Bertz CT molecular complexity index is 875. The molecule has 2 aromatic rings. The highest BCUT2D eigenvalue weighted by Gasteiger charge is 2.53. The van der Waals surface area contributed by atoms with Gasteiger partial charge in [0.05, 0.1) is 11.6 Å². The van der Waals surface area contributed by atoms with Crippen LogP contribution in [0.4, 0.5) is 4.39 Å². The molecule has 1 aliphatic heterocycles.